The summed E-state index contributed by atoms with van der Waals surface area (Å²) in [6.07, 6.45) is -11.2. The third-order valence-electron chi connectivity index (χ3n) is 7.80. The minimum atomic E-state index is -5.83. The van der Waals surface area contributed by atoms with Crippen LogP contribution in [0.5, 0.6) is 0 Å². The lowest BCUT2D eigenvalue weighted by Gasteiger charge is -2.32. The van der Waals surface area contributed by atoms with E-state index in [0.717, 1.165) is 0 Å². The molecular formula is C24H20O28Si3. The van der Waals surface area contributed by atoms with Gasteiger partial charge in [0.2, 0.25) is 0 Å². The Kier molecular flexibility index (Phi) is 8.90. The largest absolute Gasteiger partial charge is 0.974 e. The molecule has 1 atom stereocenters. The highest BCUT2D eigenvalue weighted by molar-refractivity contribution is 6.63. The van der Waals surface area contributed by atoms with Crippen LogP contribution in [0.25, 0.3) is 0 Å². The molecule has 6 rings (SSSR count). The second-order valence-electron chi connectivity index (χ2n) is 12.4. The SMILES string of the molecule is O=C1CC2(O)CC(=O)O[Si](OC(=O)CC3(O)CC(=O)O[Si]4(OC(=O)CC(O)(C(=O)O[Si]56OC(=O)CC(O)(CC(=O)O5)C(=O)O6)CC(=O)O4)OC3=O)(O1)OC2=O. The van der Waals surface area contributed by atoms with E-state index in [4.69, 9.17) is 26.6 Å². The van der Waals surface area contributed by atoms with E-state index in [1.807, 2.05) is 0 Å². The summed E-state index contributed by atoms with van der Waals surface area (Å²) in [4.78, 5) is 151. The van der Waals surface area contributed by atoms with Crippen molar-refractivity contribution in [2.75, 3.05) is 0 Å². The molecule has 0 amide bonds. The summed E-state index contributed by atoms with van der Waals surface area (Å²) >= 11 is 0. The van der Waals surface area contributed by atoms with Gasteiger partial charge in [-0.3, -0.25) is 38.4 Å². The maximum atomic E-state index is 13.1. The van der Waals surface area contributed by atoms with Gasteiger partial charge in [-0.25, -0.2) is 19.2 Å². The standard InChI is InChI=1S/C24H20O28Si3/c25-9-1-21(37)2-10(26)42-53(41-9,49-17(21)33)43-11(27)3-22(38)4-12(28)44-54(50-18(22)34)45-13(29)5-23(39,6-14(30)46-54)19(35)51-55-47-15(31)7-24(40,20(36)52-55)8-16(32)48-55/h37-40H,1-8H2. The van der Waals surface area contributed by atoms with Gasteiger partial charge in [0, 0.05) is 0 Å². The van der Waals surface area contributed by atoms with Crippen LogP contribution in [0.2, 0.25) is 0 Å². The van der Waals surface area contributed by atoms with Crippen molar-refractivity contribution >= 4 is 98.8 Å². The topological polar surface area (TPSA) is 397 Å². The van der Waals surface area contributed by atoms with Crippen LogP contribution in [0.1, 0.15) is 51.4 Å². The Bertz CT molecular complexity index is 1840. The predicted molar refractivity (Wildman–Crippen MR) is 147 cm³/mol. The van der Waals surface area contributed by atoms with E-state index in [1.165, 1.54) is 0 Å². The number of rotatable bonds is 5. The highest BCUT2D eigenvalue weighted by atomic mass is 28.4. The first-order valence-electron chi connectivity index (χ1n) is 14.9. The molecule has 6 fully saturated rings. The molecule has 55 heavy (non-hydrogen) atoms. The van der Waals surface area contributed by atoms with Crippen molar-refractivity contribution in [3.8, 4) is 0 Å². The van der Waals surface area contributed by atoms with E-state index in [9.17, 15) is 78.0 Å². The van der Waals surface area contributed by atoms with Crippen molar-refractivity contribution in [2.24, 2.45) is 0 Å². The van der Waals surface area contributed by atoms with Crippen molar-refractivity contribution in [1.82, 2.24) is 0 Å². The number of hydrogen-bond acceptors (Lipinski definition) is 28. The minimum absolute atomic E-state index is 1.13. The molecule has 0 aromatic heterocycles. The predicted octanol–water partition coefficient (Wildman–Crippen LogP) is -7.06. The smallest absolute Gasteiger partial charge is 0.422 e. The summed E-state index contributed by atoms with van der Waals surface area (Å²) in [7, 11) is -17.0. The minimum Gasteiger partial charge on any atom is -0.422 e. The molecular weight excluding hydrogens is 820 g/mol. The Labute approximate surface area is 303 Å². The van der Waals surface area contributed by atoms with E-state index in [2.05, 4.69) is 26.6 Å². The number of carbonyl (C=O) groups excluding carboxylic acids is 12. The highest BCUT2D eigenvalue weighted by Crippen LogP contribution is 2.37. The molecule has 4 bridgehead atoms. The number of fused-ring (bicyclic) bond motifs is 6. The van der Waals surface area contributed by atoms with Crippen LogP contribution in [-0.4, -0.2) is 142 Å². The fourth-order valence-electron chi connectivity index (χ4n) is 5.35. The molecule has 296 valence electrons. The van der Waals surface area contributed by atoms with Gasteiger partial charge in [0.1, 0.15) is 0 Å². The van der Waals surface area contributed by atoms with Gasteiger partial charge >= 0.3 is 98.8 Å². The molecule has 28 nitrogen and oxygen atoms in total. The molecule has 6 saturated heterocycles. The zero-order valence-electron chi connectivity index (χ0n) is 26.7. The molecule has 0 saturated carbocycles. The first-order valence-corrected chi connectivity index (χ1v) is 19.8. The third-order valence-corrected chi connectivity index (χ3v) is 13.4. The average molecular weight is 841 g/mol. The van der Waals surface area contributed by atoms with Crippen LogP contribution in [0.15, 0.2) is 0 Å². The van der Waals surface area contributed by atoms with Gasteiger partial charge in [0.05, 0.1) is 51.4 Å². The van der Waals surface area contributed by atoms with E-state index < -0.39 is 173 Å². The zero-order chi connectivity index (χ0) is 40.6. The molecule has 0 aromatic carbocycles. The number of hydrogen-bond donors (Lipinski definition) is 4. The van der Waals surface area contributed by atoms with E-state index in [0.29, 0.717) is 0 Å². The monoisotopic (exact) mass is 840 g/mol. The van der Waals surface area contributed by atoms with Crippen LogP contribution in [0.4, 0.5) is 0 Å². The van der Waals surface area contributed by atoms with Gasteiger partial charge < -0.3 is 73.5 Å². The molecule has 0 aromatic rings. The molecule has 31 heteroatoms. The lowest BCUT2D eigenvalue weighted by molar-refractivity contribution is -0.186. The van der Waals surface area contributed by atoms with Gasteiger partial charge in [0.15, 0.2) is 22.4 Å². The zero-order valence-corrected chi connectivity index (χ0v) is 29.7. The van der Waals surface area contributed by atoms with Crippen LogP contribution in [0.3, 0.4) is 0 Å². The molecule has 0 aliphatic carbocycles. The van der Waals surface area contributed by atoms with Crippen molar-refractivity contribution in [3.63, 3.8) is 0 Å². The fourth-order valence-corrected chi connectivity index (χ4v) is 10.6. The third kappa shape index (κ3) is 7.34. The molecule has 6 aliphatic heterocycles. The van der Waals surface area contributed by atoms with E-state index in [-0.39, 0.29) is 0 Å². The first kappa shape index (κ1) is 38.8. The average Bonchev–Trinajstić information content (AvgIpc) is 3.25. The number of carbonyl (C=O) groups is 12. The van der Waals surface area contributed by atoms with Crippen molar-refractivity contribution in [1.29, 1.82) is 0 Å². The Morgan fingerprint density at radius 1 is 0.473 bits per heavy atom. The molecule has 6 heterocycles. The molecule has 0 radical (unpaired) electrons. The van der Waals surface area contributed by atoms with Crippen LogP contribution < -0.4 is 0 Å². The maximum absolute atomic E-state index is 13.1. The Morgan fingerprint density at radius 3 is 1.25 bits per heavy atom. The summed E-state index contributed by atoms with van der Waals surface area (Å²) in [5, 5.41) is 42.7. The number of aliphatic hydroxyl groups is 4. The van der Waals surface area contributed by atoms with Crippen molar-refractivity contribution in [3.05, 3.63) is 0 Å². The Balaban J connectivity index is 1.17. The summed E-state index contributed by atoms with van der Waals surface area (Å²) in [6, 6.07) is 0. The van der Waals surface area contributed by atoms with Gasteiger partial charge in [-0.2, -0.15) is 0 Å². The summed E-state index contributed by atoms with van der Waals surface area (Å²) in [6.45, 7) is 0. The fraction of sp³-hybridized carbons (Fsp3) is 0.500. The second kappa shape index (κ2) is 12.6. The van der Waals surface area contributed by atoms with Crippen LogP contribution >= 0.6 is 0 Å². The quantitative estimate of drug-likeness (QED) is 0.187. The summed E-state index contributed by atoms with van der Waals surface area (Å²) in [5.41, 5.74) is -12.4. The highest BCUT2D eigenvalue weighted by Gasteiger charge is 2.74. The lowest BCUT2D eigenvalue weighted by atomic mass is 9.96. The van der Waals surface area contributed by atoms with Gasteiger partial charge in [0.25, 0.3) is 0 Å². The van der Waals surface area contributed by atoms with Gasteiger partial charge in [-0.05, 0) is 0 Å². The normalized spacial score (nSPS) is 38.8. The second-order valence-corrected chi connectivity index (χ2v) is 17.8. The van der Waals surface area contributed by atoms with E-state index in [1.54, 1.807) is 0 Å². The lowest BCUT2D eigenvalue weighted by Crippen LogP contribution is -2.60. The van der Waals surface area contributed by atoms with Crippen LogP contribution in [0, 0.1) is 0 Å². The molecule has 1 unspecified atom stereocenters. The van der Waals surface area contributed by atoms with Gasteiger partial charge in [-0.15, -0.1) is 0 Å². The Morgan fingerprint density at radius 2 is 0.836 bits per heavy atom. The summed E-state index contributed by atoms with van der Waals surface area (Å²) < 4.78 is 56.6. The molecule has 1 spiro atoms. The Hall–Kier alpha value is -5.87. The van der Waals surface area contributed by atoms with Crippen LogP contribution in [-0.2, 0) is 111 Å². The summed E-state index contributed by atoms with van der Waals surface area (Å²) in [5.74, 6) is -20.9. The van der Waals surface area contributed by atoms with Crippen molar-refractivity contribution < 1.29 is 131 Å². The first-order chi connectivity index (χ1) is 25.3. The van der Waals surface area contributed by atoms with Crippen molar-refractivity contribution in [2.45, 2.75) is 73.8 Å². The maximum Gasteiger partial charge on any atom is 0.974 e. The molecule has 6 aliphatic rings. The molecule has 4 N–H and O–H groups in total. The van der Waals surface area contributed by atoms with E-state index >= 15 is 0 Å². The van der Waals surface area contributed by atoms with Gasteiger partial charge in [-0.1, -0.05) is 0 Å².